The fourth-order valence-corrected chi connectivity index (χ4v) is 4.95. The van der Waals surface area contributed by atoms with Crippen molar-refractivity contribution in [3.63, 3.8) is 0 Å². The first-order valence-corrected chi connectivity index (χ1v) is 8.77. The molecule has 4 saturated carbocycles. The first kappa shape index (κ1) is 16.0. The van der Waals surface area contributed by atoms with Crippen LogP contribution in [0.3, 0.4) is 0 Å². The van der Waals surface area contributed by atoms with E-state index >= 15 is 0 Å². The third kappa shape index (κ3) is 3.08. The Hall–Kier alpha value is -0.900. The van der Waals surface area contributed by atoms with Gasteiger partial charge in [-0.25, -0.2) is 0 Å². The highest BCUT2D eigenvalue weighted by atomic mass is 16.7. The molecule has 6 atom stereocenters. The first-order chi connectivity index (χ1) is 10.5. The monoisotopic (exact) mass is 308 g/mol. The summed E-state index contributed by atoms with van der Waals surface area (Å²) >= 11 is 0. The molecule has 0 heterocycles. The standard InChI is InChI=1S/C18H28O4/c1-10(2)4-11(3)18(20)22-9-21-17-14-6-12-5-13(8-14)16(19)15(17)7-12/h10-15,17H,4-9H2,1-3H3. The van der Waals surface area contributed by atoms with Gasteiger partial charge in [0, 0.05) is 11.8 Å². The van der Waals surface area contributed by atoms with Crippen molar-refractivity contribution in [3.05, 3.63) is 0 Å². The van der Waals surface area contributed by atoms with Crippen LogP contribution in [0, 0.1) is 35.5 Å². The number of esters is 1. The van der Waals surface area contributed by atoms with Gasteiger partial charge in [-0.3, -0.25) is 9.59 Å². The van der Waals surface area contributed by atoms with Gasteiger partial charge in [0.1, 0.15) is 5.78 Å². The highest BCUT2D eigenvalue weighted by Gasteiger charge is 2.53. The summed E-state index contributed by atoms with van der Waals surface area (Å²) in [6, 6.07) is 0. The van der Waals surface area contributed by atoms with E-state index in [9.17, 15) is 9.59 Å². The highest BCUT2D eigenvalue weighted by Crippen LogP contribution is 2.52. The Morgan fingerprint density at radius 3 is 2.68 bits per heavy atom. The second-order valence-corrected chi connectivity index (χ2v) is 8.02. The van der Waals surface area contributed by atoms with Crippen LogP contribution >= 0.6 is 0 Å². The van der Waals surface area contributed by atoms with Gasteiger partial charge in [0.2, 0.25) is 0 Å². The van der Waals surface area contributed by atoms with E-state index in [4.69, 9.17) is 9.47 Å². The molecule has 0 aromatic heterocycles. The van der Waals surface area contributed by atoms with Crippen molar-refractivity contribution in [2.75, 3.05) is 6.79 Å². The molecule has 0 aliphatic heterocycles. The third-order valence-electron chi connectivity index (χ3n) is 5.75. The summed E-state index contributed by atoms with van der Waals surface area (Å²) in [6.07, 6.45) is 5.05. The predicted octanol–water partition coefficient (Wildman–Crippen LogP) is 3.19. The quantitative estimate of drug-likeness (QED) is 0.558. The molecule has 4 heteroatoms. The maximum absolute atomic E-state index is 12.3. The van der Waals surface area contributed by atoms with Gasteiger partial charge in [0.15, 0.2) is 6.79 Å². The Bertz CT molecular complexity index is 444. The van der Waals surface area contributed by atoms with Crippen LogP contribution in [-0.4, -0.2) is 24.6 Å². The van der Waals surface area contributed by atoms with Crippen LogP contribution in [-0.2, 0) is 19.1 Å². The number of hydrogen-bond acceptors (Lipinski definition) is 4. The highest BCUT2D eigenvalue weighted by molar-refractivity contribution is 5.86. The summed E-state index contributed by atoms with van der Waals surface area (Å²) in [5, 5.41) is 0. The molecule has 4 aliphatic carbocycles. The number of carbonyl (C=O) groups excluding carboxylic acids is 2. The minimum Gasteiger partial charge on any atom is -0.438 e. The lowest BCUT2D eigenvalue weighted by Crippen LogP contribution is -2.55. The Morgan fingerprint density at radius 2 is 1.95 bits per heavy atom. The molecule has 0 aromatic carbocycles. The zero-order chi connectivity index (χ0) is 15.9. The Kier molecular flexibility index (Phi) is 4.58. The van der Waals surface area contributed by atoms with E-state index in [0.29, 0.717) is 17.6 Å². The topological polar surface area (TPSA) is 52.6 Å². The van der Waals surface area contributed by atoms with E-state index in [0.717, 1.165) is 31.6 Å². The number of ether oxygens (including phenoxy) is 2. The molecular weight excluding hydrogens is 280 g/mol. The summed E-state index contributed by atoms with van der Waals surface area (Å²) in [6.45, 7) is 6.09. The lowest BCUT2D eigenvalue weighted by molar-refractivity contribution is -0.190. The van der Waals surface area contributed by atoms with E-state index in [-0.39, 0.29) is 36.6 Å². The van der Waals surface area contributed by atoms with Gasteiger partial charge < -0.3 is 9.47 Å². The minimum absolute atomic E-state index is 0.00154. The predicted molar refractivity (Wildman–Crippen MR) is 81.9 cm³/mol. The molecule has 4 rings (SSSR count). The molecule has 0 saturated heterocycles. The second-order valence-electron chi connectivity index (χ2n) is 8.02. The van der Waals surface area contributed by atoms with Crippen LogP contribution in [0.15, 0.2) is 0 Å². The van der Waals surface area contributed by atoms with Gasteiger partial charge in [-0.05, 0) is 49.9 Å². The zero-order valence-corrected chi connectivity index (χ0v) is 13.9. The average Bonchev–Trinajstić information content (AvgIpc) is 2.45. The van der Waals surface area contributed by atoms with Gasteiger partial charge in [0.25, 0.3) is 0 Å². The van der Waals surface area contributed by atoms with Crippen molar-refractivity contribution in [3.8, 4) is 0 Å². The number of rotatable bonds is 6. The third-order valence-corrected chi connectivity index (χ3v) is 5.75. The van der Waals surface area contributed by atoms with Crippen molar-refractivity contribution >= 4 is 11.8 Å². The van der Waals surface area contributed by atoms with E-state index < -0.39 is 0 Å². The van der Waals surface area contributed by atoms with Crippen LogP contribution < -0.4 is 0 Å². The number of carbonyl (C=O) groups is 2. The van der Waals surface area contributed by atoms with Gasteiger partial charge in [-0.2, -0.15) is 0 Å². The first-order valence-electron chi connectivity index (χ1n) is 8.77. The second kappa shape index (κ2) is 6.31. The van der Waals surface area contributed by atoms with Gasteiger partial charge in [0.05, 0.1) is 12.0 Å². The molecule has 22 heavy (non-hydrogen) atoms. The Balaban J connectivity index is 1.48. The number of Topliss-reactive ketones (excluding diaryl/α,β-unsaturated/α-hetero) is 1. The van der Waals surface area contributed by atoms with Crippen LogP contribution in [0.4, 0.5) is 0 Å². The van der Waals surface area contributed by atoms with Crippen LogP contribution in [0.1, 0.15) is 52.9 Å². The molecule has 4 nitrogen and oxygen atoms in total. The van der Waals surface area contributed by atoms with E-state index in [1.807, 2.05) is 6.92 Å². The lowest BCUT2D eigenvalue weighted by atomic mass is 9.54. The molecule has 4 fully saturated rings. The summed E-state index contributed by atoms with van der Waals surface area (Å²) in [5.74, 6) is 2.15. The van der Waals surface area contributed by atoms with Crippen molar-refractivity contribution in [2.24, 2.45) is 35.5 Å². The van der Waals surface area contributed by atoms with Crippen molar-refractivity contribution in [1.29, 1.82) is 0 Å². The molecular formula is C18H28O4. The Labute approximate surface area is 132 Å². The molecule has 0 amide bonds. The van der Waals surface area contributed by atoms with Crippen LogP contribution in [0.25, 0.3) is 0 Å². The average molecular weight is 308 g/mol. The maximum atomic E-state index is 12.3. The minimum atomic E-state index is -0.191. The summed E-state index contributed by atoms with van der Waals surface area (Å²) in [4.78, 5) is 24.2. The molecule has 0 N–H and O–H groups in total. The SMILES string of the molecule is CC(C)CC(C)C(=O)OCOC1C2CC3CC(C2)C(=O)C1C3. The van der Waals surface area contributed by atoms with Crippen molar-refractivity contribution in [1.82, 2.24) is 0 Å². The van der Waals surface area contributed by atoms with Crippen molar-refractivity contribution < 1.29 is 19.1 Å². The Morgan fingerprint density at radius 1 is 1.18 bits per heavy atom. The van der Waals surface area contributed by atoms with Crippen LogP contribution in [0.2, 0.25) is 0 Å². The molecule has 0 spiro atoms. The molecule has 0 aromatic rings. The smallest absolute Gasteiger partial charge is 0.310 e. The normalized spacial score (nSPS) is 37.6. The fraction of sp³-hybridized carbons (Fsp3) is 0.889. The van der Waals surface area contributed by atoms with E-state index in [1.54, 1.807) is 0 Å². The molecule has 4 aliphatic rings. The van der Waals surface area contributed by atoms with Gasteiger partial charge in [-0.15, -0.1) is 0 Å². The maximum Gasteiger partial charge on any atom is 0.310 e. The summed E-state index contributed by atoms with van der Waals surface area (Å²) in [5.41, 5.74) is 0. The van der Waals surface area contributed by atoms with E-state index in [2.05, 4.69) is 13.8 Å². The number of hydrogen-bond donors (Lipinski definition) is 0. The number of ketones is 1. The van der Waals surface area contributed by atoms with Gasteiger partial charge in [-0.1, -0.05) is 20.8 Å². The lowest BCUT2D eigenvalue weighted by Gasteiger charge is -2.52. The van der Waals surface area contributed by atoms with Crippen molar-refractivity contribution in [2.45, 2.75) is 59.0 Å². The molecule has 0 radical (unpaired) electrons. The largest absolute Gasteiger partial charge is 0.438 e. The summed E-state index contributed by atoms with van der Waals surface area (Å²) in [7, 11) is 0. The molecule has 6 unspecified atom stereocenters. The molecule has 4 bridgehead atoms. The zero-order valence-electron chi connectivity index (χ0n) is 13.9. The fourth-order valence-electron chi connectivity index (χ4n) is 4.95. The summed E-state index contributed by atoms with van der Waals surface area (Å²) < 4.78 is 11.1. The van der Waals surface area contributed by atoms with Crippen LogP contribution in [0.5, 0.6) is 0 Å². The van der Waals surface area contributed by atoms with E-state index in [1.165, 1.54) is 6.42 Å². The van der Waals surface area contributed by atoms with Gasteiger partial charge >= 0.3 is 5.97 Å². The molecule has 124 valence electrons.